The van der Waals surface area contributed by atoms with Crippen LogP contribution >= 0.6 is 10.9 Å². The van der Waals surface area contributed by atoms with Gasteiger partial charge in [0.2, 0.25) is 0 Å². The largest absolute Gasteiger partial charge is 0.224 e. The maximum absolute atomic E-state index is 2.40. The molecule has 106 valence electrons. The van der Waals surface area contributed by atoms with Gasteiger partial charge in [-0.15, -0.1) is 0 Å². The highest BCUT2D eigenvalue weighted by molar-refractivity contribution is 8.17. The summed E-state index contributed by atoms with van der Waals surface area (Å²) in [5.41, 5.74) is 0. The molecule has 1 heteroatoms. The van der Waals surface area contributed by atoms with Crippen molar-refractivity contribution in [1.29, 1.82) is 0 Å². The van der Waals surface area contributed by atoms with Crippen LogP contribution in [0.15, 0.2) is 35.2 Å². The molecule has 1 aromatic carbocycles. The normalized spacial score (nSPS) is 31.8. The van der Waals surface area contributed by atoms with Crippen molar-refractivity contribution < 1.29 is 0 Å². The van der Waals surface area contributed by atoms with Crippen LogP contribution in [0.4, 0.5) is 0 Å². The van der Waals surface area contributed by atoms with E-state index in [1.165, 1.54) is 63.5 Å². The van der Waals surface area contributed by atoms with Gasteiger partial charge in [0, 0.05) is 0 Å². The molecule has 1 aliphatic heterocycles. The monoisotopic (exact) mass is 276 g/mol. The van der Waals surface area contributed by atoms with Gasteiger partial charge >= 0.3 is 0 Å². The summed E-state index contributed by atoms with van der Waals surface area (Å²) in [5, 5.41) is 1.05. The average Bonchev–Trinajstić information content (AvgIpc) is 2.77. The zero-order valence-corrected chi connectivity index (χ0v) is 13.0. The van der Waals surface area contributed by atoms with Gasteiger partial charge in [-0.1, -0.05) is 62.4 Å². The minimum atomic E-state index is 0.135. The molecule has 0 spiro atoms. The third-order valence-corrected chi connectivity index (χ3v) is 8.32. The molecule has 1 heterocycles. The van der Waals surface area contributed by atoms with E-state index >= 15 is 0 Å². The Morgan fingerprint density at radius 3 is 2.16 bits per heavy atom. The van der Waals surface area contributed by atoms with Crippen molar-refractivity contribution in [3.63, 3.8) is 0 Å². The maximum Gasteiger partial charge on any atom is -0.00701 e. The summed E-state index contributed by atoms with van der Waals surface area (Å²) in [6, 6.07) is 11.5. The molecule has 1 saturated heterocycles. The fourth-order valence-corrected chi connectivity index (χ4v) is 7.48. The lowest BCUT2D eigenvalue weighted by molar-refractivity contribution is 0.413. The van der Waals surface area contributed by atoms with Gasteiger partial charge in [-0.25, -0.2) is 10.9 Å². The summed E-state index contributed by atoms with van der Waals surface area (Å²) >= 11 is 0. The van der Waals surface area contributed by atoms with Crippen LogP contribution in [0, 0.1) is 5.92 Å². The Morgan fingerprint density at radius 2 is 1.42 bits per heavy atom. The summed E-state index contributed by atoms with van der Waals surface area (Å²) in [5.74, 6) is 2.55. The van der Waals surface area contributed by atoms with Crippen LogP contribution in [0.3, 0.4) is 0 Å². The molecule has 0 radical (unpaired) electrons. The Kier molecular flexibility index (Phi) is 4.87. The number of thiol groups is 1. The Bertz CT molecular complexity index is 365. The third kappa shape index (κ3) is 3.37. The quantitative estimate of drug-likeness (QED) is 0.530. The van der Waals surface area contributed by atoms with Crippen molar-refractivity contribution in [2.75, 3.05) is 5.75 Å². The van der Waals surface area contributed by atoms with E-state index in [-0.39, 0.29) is 10.9 Å². The molecule has 1 aromatic rings. The molecule has 3 rings (SSSR count). The fraction of sp³-hybridized carbons (Fsp3) is 0.667. The molecule has 0 bridgehead atoms. The number of hydrogen-bond acceptors (Lipinski definition) is 0. The van der Waals surface area contributed by atoms with Crippen molar-refractivity contribution in [1.82, 2.24) is 0 Å². The Morgan fingerprint density at radius 1 is 0.737 bits per heavy atom. The van der Waals surface area contributed by atoms with Crippen LogP contribution < -0.4 is 0 Å². The minimum absolute atomic E-state index is 0.135. The second-order valence-electron chi connectivity index (χ2n) is 6.34. The SMILES string of the molecule is c1ccc([SH]2CCCCC2C2CCCCCC2)cc1. The summed E-state index contributed by atoms with van der Waals surface area (Å²) in [6.45, 7) is 0. The molecule has 19 heavy (non-hydrogen) atoms. The topological polar surface area (TPSA) is 0 Å². The van der Waals surface area contributed by atoms with Crippen LogP contribution in [0.25, 0.3) is 0 Å². The summed E-state index contributed by atoms with van der Waals surface area (Å²) < 4.78 is 0. The Hall–Kier alpha value is -0.430. The summed E-state index contributed by atoms with van der Waals surface area (Å²) in [7, 11) is 0.135. The molecule has 1 aliphatic carbocycles. The van der Waals surface area contributed by atoms with E-state index in [9.17, 15) is 0 Å². The first kappa shape index (κ1) is 13.5. The van der Waals surface area contributed by atoms with Gasteiger partial charge < -0.3 is 0 Å². The van der Waals surface area contributed by atoms with E-state index in [1.807, 2.05) is 0 Å². The molecule has 0 nitrogen and oxygen atoms in total. The molecular formula is C18H28S. The van der Waals surface area contributed by atoms with Crippen molar-refractivity contribution in [3.05, 3.63) is 30.3 Å². The number of rotatable bonds is 2. The zero-order valence-electron chi connectivity index (χ0n) is 12.1. The van der Waals surface area contributed by atoms with Crippen LogP contribution in [0.1, 0.15) is 57.8 Å². The Labute approximate surface area is 121 Å². The zero-order chi connectivity index (χ0) is 12.9. The highest BCUT2D eigenvalue weighted by Gasteiger charge is 2.30. The van der Waals surface area contributed by atoms with Crippen LogP contribution in [-0.2, 0) is 0 Å². The molecule has 1 saturated carbocycles. The smallest absolute Gasteiger partial charge is 0.00701 e. The van der Waals surface area contributed by atoms with Gasteiger partial charge in [0.05, 0.1) is 0 Å². The van der Waals surface area contributed by atoms with Gasteiger partial charge in [0.25, 0.3) is 0 Å². The standard InChI is InChI=1S/C18H28S/c1-2-5-11-16(10-4-1)18-14-8-9-15-19(18)17-12-6-3-7-13-17/h3,6-7,12-13,16,18-19H,1-2,4-5,8-11,14-15H2. The van der Waals surface area contributed by atoms with Crippen LogP contribution in [0.2, 0.25) is 0 Å². The van der Waals surface area contributed by atoms with E-state index < -0.39 is 0 Å². The van der Waals surface area contributed by atoms with Gasteiger partial charge in [-0.05, 0) is 47.5 Å². The van der Waals surface area contributed by atoms with Gasteiger partial charge in [-0.3, -0.25) is 0 Å². The first-order valence-corrected chi connectivity index (χ1v) is 9.86. The molecule has 0 aromatic heterocycles. The maximum atomic E-state index is 2.40. The van der Waals surface area contributed by atoms with Gasteiger partial charge in [0.15, 0.2) is 0 Å². The lowest BCUT2D eigenvalue weighted by atomic mass is 9.93. The van der Waals surface area contributed by atoms with E-state index in [0.29, 0.717) is 0 Å². The lowest BCUT2D eigenvalue weighted by Crippen LogP contribution is -2.25. The molecule has 2 aliphatic rings. The predicted molar refractivity (Wildman–Crippen MR) is 87.4 cm³/mol. The van der Waals surface area contributed by atoms with E-state index in [0.717, 1.165) is 11.2 Å². The van der Waals surface area contributed by atoms with Crippen molar-refractivity contribution in [2.45, 2.75) is 67.9 Å². The first-order valence-electron chi connectivity index (χ1n) is 8.27. The van der Waals surface area contributed by atoms with E-state index in [4.69, 9.17) is 0 Å². The van der Waals surface area contributed by atoms with Gasteiger partial charge in [-0.2, -0.15) is 0 Å². The highest BCUT2D eigenvalue weighted by Crippen LogP contribution is 2.51. The predicted octanol–water partition coefficient (Wildman–Crippen LogP) is 5.57. The highest BCUT2D eigenvalue weighted by atomic mass is 32.2. The minimum Gasteiger partial charge on any atom is -0.224 e. The molecule has 0 amide bonds. The van der Waals surface area contributed by atoms with Crippen molar-refractivity contribution in [3.8, 4) is 0 Å². The average molecular weight is 276 g/mol. The fourth-order valence-electron chi connectivity index (χ4n) is 4.08. The lowest BCUT2D eigenvalue weighted by Gasteiger charge is -2.40. The second kappa shape index (κ2) is 6.83. The molecule has 2 atom stereocenters. The molecular weight excluding hydrogens is 248 g/mol. The van der Waals surface area contributed by atoms with Crippen molar-refractivity contribution in [2.24, 2.45) is 5.92 Å². The number of hydrogen-bond donors (Lipinski definition) is 1. The van der Waals surface area contributed by atoms with Crippen LogP contribution in [0.5, 0.6) is 0 Å². The Balaban J connectivity index is 1.76. The molecule has 0 N–H and O–H groups in total. The molecule has 2 fully saturated rings. The van der Waals surface area contributed by atoms with Crippen molar-refractivity contribution >= 4 is 10.9 Å². The first-order chi connectivity index (χ1) is 9.45. The number of benzene rings is 1. The van der Waals surface area contributed by atoms with E-state index in [2.05, 4.69) is 30.3 Å². The second-order valence-corrected chi connectivity index (χ2v) is 8.91. The van der Waals surface area contributed by atoms with Gasteiger partial charge in [0.1, 0.15) is 0 Å². The molecule has 2 unspecified atom stereocenters. The van der Waals surface area contributed by atoms with Crippen LogP contribution in [-0.4, -0.2) is 11.0 Å². The summed E-state index contributed by atoms with van der Waals surface area (Å²) in [4.78, 5) is 1.69. The van der Waals surface area contributed by atoms with E-state index in [1.54, 1.807) is 4.90 Å². The third-order valence-electron chi connectivity index (χ3n) is 5.08. The summed E-state index contributed by atoms with van der Waals surface area (Å²) in [6.07, 6.45) is 13.5.